The lowest BCUT2D eigenvalue weighted by molar-refractivity contribution is 0.531. The van der Waals surface area contributed by atoms with Crippen LogP contribution in [0.4, 0.5) is 8.78 Å². The molecule has 1 N–H and O–H groups in total. The second-order valence-electron chi connectivity index (χ2n) is 5.24. The molecule has 1 heterocycles. The number of nitrogens with one attached hydrogen (secondary N) is 1. The van der Waals surface area contributed by atoms with Gasteiger partial charge in [0.25, 0.3) is 5.56 Å². The SMILES string of the molecule is CC[C@@H](c1cc(=O)[nH]c(SC(C)C)n1)c1c(F)cccc1F. The van der Waals surface area contributed by atoms with Gasteiger partial charge in [0.2, 0.25) is 0 Å². The zero-order chi connectivity index (χ0) is 16.3. The summed E-state index contributed by atoms with van der Waals surface area (Å²) in [6.45, 7) is 5.77. The Labute approximate surface area is 132 Å². The van der Waals surface area contributed by atoms with Gasteiger partial charge in [-0.3, -0.25) is 4.79 Å². The molecule has 0 aliphatic rings. The fraction of sp³-hybridized carbons (Fsp3) is 0.375. The quantitative estimate of drug-likeness (QED) is 0.665. The smallest absolute Gasteiger partial charge is 0.251 e. The highest BCUT2D eigenvalue weighted by molar-refractivity contribution is 7.99. The van der Waals surface area contributed by atoms with Crippen LogP contribution in [0.5, 0.6) is 0 Å². The van der Waals surface area contributed by atoms with Gasteiger partial charge in [-0.05, 0) is 18.6 Å². The van der Waals surface area contributed by atoms with E-state index in [0.29, 0.717) is 17.3 Å². The van der Waals surface area contributed by atoms with E-state index in [4.69, 9.17) is 0 Å². The summed E-state index contributed by atoms with van der Waals surface area (Å²) in [5.74, 6) is -1.82. The number of benzene rings is 1. The van der Waals surface area contributed by atoms with Gasteiger partial charge in [0.15, 0.2) is 5.16 Å². The molecule has 3 nitrogen and oxygen atoms in total. The van der Waals surface area contributed by atoms with Crippen molar-refractivity contribution in [2.75, 3.05) is 0 Å². The van der Waals surface area contributed by atoms with Crippen LogP contribution in [0.1, 0.15) is 44.4 Å². The van der Waals surface area contributed by atoms with Gasteiger partial charge in [-0.25, -0.2) is 13.8 Å². The van der Waals surface area contributed by atoms with E-state index in [1.807, 2.05) is 20.8 Å². The van der Waals surface area contributed by atoms with Gasteiger partial charge in [-0.15, -0.1) is 0 Å². The van der Waals surface area contributed by atoms with E-state index in [0.717, 1.165) is 0 Å². The maximum atomic E-state index is 14.0. The van der Waals surface area contributed by atoms with Crippen LogP contribution in [0.2, 0.25) is 0 Å². The molecule has 0 fully saturated rings. The minimum Gasteiger partial charge on any atom is -0.301 e. The zero-order valence-electron chi connectivity index (χ0n) is 12.7. The van der Waals surface area contributed by atoms with Gasteiger partial charge < -0.3 is 4.98 Å². The molecule has 0 bridgehead atoms. The van der Waals surface area contributed by atoms with E-state index in [-0.39, 0.29) is 16.4 Å². The van der Waals surface area contributed by atoms with Crippen LogP contribution in [0, 0.1) is 11.6 Å². The second kappa shape index (κ2) is 7.05. The van der Waals surface area contributed by atoms with Gasteiger partial charge in [0.1, 0.15) is 11.6 Å². The number of nitrogens with zero attached hydrogens (tertiary/aromatic N) is 1. The molecule has 0 aliphatic carbocycles. The summed E-state index contributed by atoms with van der Waals surface area (Å²) in [6, 6.07) is 5.08. The third-order valence-corrected chi connectivity index (χ3v) is 4.09. The Hall–Kier alpha value is -1.69. The first kappa shape index (κ1) is 16.7. The summed E-state index contributed by atoms with van der Waals surface area (Å²) in [4.78, 5) is 18.8. The number of hydrogen-bond donors (Lipinski definition) is 1. The summed E-state index contributed by atoms with van der Waals surface area (Å²) in [6.07, 6.45) is 0.445. The Kier molecular flexibility index (Phi) is 5.34. The molecule has 0 saturated heterocycles. The number of rotatable bonds is 5. The minimum atomic E-state index is -0.619. The number of hydrogen-bond acceptors (Lipinski definition) is 3. The van der Waals surface area contributed by atoms with Gasteiger partial charge in [-0.2, -0.15) is 0 Å². The van der Waals surface area contributed by atoms with Gasteiger partial charge in [-0.1, -0.05) is 38.6 Å². The van der Waals surface area contributed by atoms with Crippen molar-refractivity contribution in [3.05, 3.63) is 57.5 Å². The highest BCUT2D eigenvalue weighted by Crippen LogP contribution is 2.31. The molecule has 0 amide bonds. The highest BCUT2D eigenvalue weighted by atomic mass is 32.2. The van der Waals surface area contributed by atoms with Crippen molar-refractivity contribution in [2.24, 2.45) is 0 Å². The van der Waals surface area contributed by atoms with Crippen molar-refractivity contribution in [2.45, 2.75) is 43.5 Å². The molecule has 1 aromatic carbocycles. The molecule has 0 unspecified atom stereocenters. The van der Waals surface area contributed by atoms with Gasteiger partial charge in [0, 0.05) is 22.8 Å². The van der Waals surface area contributed by atoms with Crippen LogP contribution in [0.3, 0.4) is 0 Å². The second-order valence-corrected chi connectivity index (χ2v) is 6.80. The third kappa shape index (κ3) is 3.74. The number of halogens is 2. The lowest BCUT2D eigenvalue weighted by Gasteiger charge is -2.17. The molecule has 6 heteroatoms. The summed E-state index contributed by atoms with van der Waals surface area (Å²) in [7, 11) is 0. The minimum absolute atomic E-state index is 0.0383. The maximum absolute atomic E-state index is 14.0. The number of H-pyrrole nitrogens is 1. The first-order valence-corrected chi connectivity index (χ1v) is 8.02. The molecule has 1 aromatic heterocycles. The predicted octanol–water partition coefficient (Wildman–Crippen LogP) is 4.09. The van der Waals surface area contributed by atoms with Crippen LogP contribution in [-0.4, -0.2) is 15.2 Å². The molecule has 0 radical (unpaired) electrons. The van der Waals surface area contributed by atoms with Crippen molar-refractivity contribution in [3.8, 4) is 0 Å². The van der Waals surface area contributed by atoms with E-state index in [2.05, 4.69) is 9.97 Å². The standard InChI is InChI=1S/C16H18F2N2OS/c1-4-10(15-11(17)6-5-7-12(15)18)13-8-14(21)20-16(19-13)22-9(2)3/h5-10H,4H2,1-3H3,(H,19,20,21)/t10-/m0/s1. The van der Waals surface area contributed by atoms with Crippen LogP contribution >= 0.6 is 11.8 Å². The molecule has 2 rings (SSSR count). The van der Waals surface area contributed by atoms with Crippen LogP contribution in [0.15, 0.2) is 34.2 Å². The lowest BCUT2D eigenvalue weighted by Crippen LogP contribution is -2.15. The van der Waals surface area contributed by atoms with E-state index in [1.165, 1.54) is 36.0 Å². The first-order chi connectivity index (χ1) is 10.4. The molecule has 0 saturated carbocycles. The molecule has 0 aliphatic heterocycles. The maximum Gasteiger partial charge on any atom is 0.251 e. The topological polar surface area (TPSA) is 45.8 Å². The largest absolute Gasteiger partial charge is 0.301 e. The van der Waals surface area contributed by atoms with Crippen LogP contribution in [0.25, 0.3) is 0 Å². The van der Waals surface area contributed by atoms with E-state index in [9.17, 15) is 13.6 Å². The summed E-state index contributed by atoms with van der Waals surface area (Å²) in [5.41, 5.74) is 0.0327. The van der Waals surface area contributed by atoms with E-state index in [1.54, 1.807) is 0 Å². The summed E-state index contributed by atoms with van der Waals surface area (Å²) in [5, 5.41) is 0.705. The number of thioether (sulfide) groups is 1. The van der Waals surface area contributed by atoms with Crippen molar-refractivity contribution < 1.29 is 8.78 Å². The summed E-state index contributed by atoms with van der Waals surface area (Å²) >= 11 is 1.40. The normalized spacial score (nSPS) is 12.6. The van der Waals surface area contributed by atoms with Crippen LogP contribution in [-0.2, 0) is 0 Å². The van der Waals surface area contributed by atoms with Gasteiger partial charge >= 0.3 is 0 Å². The van der Waals surface area contributed by atoms with Crippen LogP contribution < -0.4 is 5.56 Å². The average molecular weight is 324 g/mol. The Morgan fingerprint density at radius 2 is 1.91 bits per heavy atom. The lowest BCUT2D eigenvalue weighted by atomic mass is 9.92. The zero-order valence-corrected chi connectivity index (χ0v) is 13.5. The molecule has 1 atom stereocenters. The molecular weight excluding hydrogens is 306 g/mol. The Bertz CT molecular complexity index is 695. The molecular formula is C16H18F2N2OS. The highest BCUT2D eigenvalue weighted by Gasteiger charge is 2.22. The molecule has 22 heavy (non-hydrogen) atoms. The molecule has 2 aromatic rings. The average Bonchev–Trinajstić information content (AvgIpc) is 2.41. The Morgan fingerprint density at radius 1 is 1.27 bits per heavy atom. The van der Waals surface area contributed by atoms with E-state index >= 15 is 0 Å². The fourth-order valence-electron chi connectivity index (χ4n) is 2.32. The van der Waals surface area contributed by atoms with Crippen molar-refractivity contribution >= 4 is 11.8 Å². The van der Waals surface area contributed by atoms with E-state index < -0.39 is 17.6 Å². The monoisotopic (exact) mass is 324 g/mol. The fourth-order valence-corrected chi connectivity index (χ4v) is 3.08. The Morgan fingerprint density at radius 3 is 2.45 bits per heavy atom. The first-order valence-electron chi connectivity index (χ1n) is 7.14. The van der Waals surface area contributed by atoms with Crippen molar-refractivity contribution in [3.63, 3.8) is 0 Å². The summed E-state index contributed by atoms with van der Waals surface area (Å²) < 4.78 is 28.1. The number of aromatic amines is 1. The van der Waals surface area contributed by atoms with Crippen molar-refractivity contribution in [1.29, 1.82) is 0 Å². The van der Waals surface area contributed by atoms with Gasteiger partial charge in [0.05, 0.1) is 5.69 Å². The molecule has 118 valence electrons. The number of aromatic nitrogens is 2. The molecule has 0 spiro atoms. The third-order valence-electron chi connectivity index (χ3n) is 3.20. The Balaban J connectivity index is 2.52. The predicted molar refractivity (Wildman–Crippen MR) is 84.3 cm³/mol. The van der Waals surface area contributed by atoms with Crippen molar-refractivity contribution in [1.82, 2.24) is 9.97 Å².